The molecule has 1 heterocycles. The lowest BCUT2D eigenvalue weighted by Crippen LogP contribution is -2.08. The number of benzene rings is 1. The van der Waals surface area contributed by atoms with Crippen LogP contribution in [0, 0.1) is 0 Å². The first kappa shape index (κ1) is 21.1. The zero-order chi connectivity index (χ0) is 19.3. The second kappa shape index (κ2) is 12.3. The summed E-state index contributed by atoms with van der Waals surface area (Å²) < 4.78 is 10.1. The second-order valence-electron chi connectivity index (χ2n) is 7.08. The molecule has 1 aromatic carbocycles. The minimum absolute atomic E-state index is 0.242. The van der Waals surface area contributed by atoms with E-state index in [0.29, 0.717) is 23.1 Å². The van der Waals surface area contributed by atoms with Gasteiger partial charge in [-0.1, -0.05) is 71.1 Å². The first-order valence-electron chi connectivity index (χ1n) is 10.3. The van der Waals surface area contributed by atoms with Gasteiger partial charge in [0, 0.05) is 12.5 Å². The molecule has 0 bridgehead atoms. The van der Waals surface area contributed by atoms with Crippen molar-refractivity contribution in [1.82, 2.24) is 4.98 Å². The van der Waals surface area contributed by atoms with Crippen LogP contribution in [0.4, 0.5) is 0 Å². The van der Waals surface area contributed by atoms with Crippen LogP contribution < -0.4 is 10.4 Å². The predicted octanol–water partition coefficient (Wildman–Crippen LogP) is 5.79. The van der Waals surface area contributed by atoms with Gasteiger partial charge >= 0.3 is 11.6 Å². The van der Waals surface area contributed by atoms with Gasteiger partial charge in [0.25, 0.3) is 0 Å². The lowest BCUT2D eigenvalue weighted by molar-refractivity contribution is -0.134. The van der Waals surface area contributed by atoms with Gasteiger partial charge in [0.2, 0.25) is 0 Å². The van der Waals surface area contributed by atoms with Gasteiger partial charge in [-0.05, 0) is 18.6 Å². The summed E-state index contributed by atoms with van der Waals surface area (Å²) in [6.07, 6.45) is 15.3. The highest BCUT2D eigenvalue weighted by Gasteiger charge is 2.07. The summed E-state index contributed by atoms with van der Waals surface area (Å²) in [7, 11) is 0. The first-order chi connectivity index (χ1) is 13.2. The third kappa shape index (κ3) is 7.94. The van der Waals surface area contributed by atoms with E-state index in [0.717, 1.165) is 19.2 Å². The summed E-state index contributed by atoms with van der Waals surface area (Å²) in [5.41, 5.74) is 0.0186. The third-order valence-electron chi connectivity index (χ3n) is 4.76. The van der Waals surface area contributed by atoms with Crippen molar-refractivity contribution in [3.63, 3.8) is 0 Å². The quantitative estimate of drug-likeness (QED) is 0.252. The van der Waals surface area contributed by atoms with Crippen molar-refractivity contribution in [2.75, 3.05) is 0 Å². The van der Waals surface area contributed by atoms with E-state index in [9.17, 15) is 9.59 Å². The van der Waals surface area contributed by atoms with Crippen molar-refractivity contribution in [3.05, 3.63) is 35.0 Å². The average Bonchev–Trinajstić information content (AvgIpc) is 2.66. The van der Waals surface area contributed by atoms with Crippen molar-refractivity contribution in [2.45, 2.75) is 84.0 Å². The van der Waals surface area contributed by atoms with E-state index in [1.807, 2.05) is 0 Å². The number of hydrogen-bond acceptors (Lipinski definition) is 5. The van der Waals surface area contributed by atoms with Crippen LogP contribution in [0.15, 0.2) is 33.8 Å². The smallest absolute Gasteiger partial charge is 0.346 e. The molecule has 0 aliphatic heterocycles. The Bertz CT molecular complexity index is 753. The molecule has 5 nitrogen and oxygen atoms in total. The number of esters is 1. The van der Waals surface area contributed by atoms with E-state index in [-0.39, 0.29) is 5.97 Å². The largest absolute Gasteiger partial charge is 0.426 e. The molecule has 0 fully saturated rings. The molecule has 0 saturated carbocycles. The summed E-state index contributed by atoms with van der Waals surface area (Å²) in [6.45, 7) is 2.24. The van der Waals surface area contributed by atoms with E-state index in [1.165, 1.54) is 57.8 Å². The molecule has 2 rings (SSSR count). The van der Waals surface area contributed by atoms with E-state index < -0.39 is 5.63 Å². The molecule has 0 amide bonds. The third-order valence-corrected chi connectivity index (χ3v) is 4.76. The predicted molar refractivity (Wildman–Crippen MR) is 107 cm³/mol. The van der Waals surface area contributed by atoms with Crippen LogP contribution >= 0.6 is 0 Å². The van der Waals surface area contributed by atoms with E-state index in [2.05, 4.69) is 11.9 Å². The normalized spacial score (nSPS) is 11.0. The highest BCUT2D eigenvalue weighted by atomic mass is 16.5. The van der Waals surface area contributed by atoms with Crippen molar-refractivity contribution < 1.29 is 13.9 Å². The molecule has 27 heavy (non-hydrogen) atoms. The highest BCUT2D eigenvalue weighted by molar-refractivity contribution is 5.80. The summed E-state index contributed by atoms with van der Waals surface area (Å²) >= 11 is 0. The summed E-state index contributed by atoms with van der Waals surface area (Å²) in [5.74, 6) is 0.168. The van der Waals surface area contributed by atoms with Crippen molar-refractivity contribution in [1.29, 1.82) is 0 Å². The van der Waals surface area contributed by atoms with Crippen LogP contribution in [0.3, 0.4) is 0 Å². The van der Waals surface area contributed by atoms with Crippen LogP contribution in [0.5, 0.6) is 5.75 Å². The van der Waals surface area contributed by atoms with Gasteiger partial charge in [-0.2, -0.15) is 0 Å². The Hall–Kier alpha value is -2.17. The fourth-order valence-corrected chi connectivity index (χ4v) is 3.16. The monoisotopic (exact) mass is 373 g/mol. The van der Waals surface area contributed by atoms with E-state index >= 15 is 0 Å². The fraction of sp³-hybridized carbons (Fsp3) is 0.591. The molecule has 5 heteroatoms. The van der Waals surface area contributed by atoms with Crippen LogP contribution in [-0.2, 0) is 4.79 Å². The maximum atomic E-state index is 12.0. The summed E-state index contributed by atoms with van der Waals surface area (Å²) in [5, 5.41) is 0.377. The molecule has 0 unspecified atom stereocenters. The van der Waals surface area contributed by atoms with Crippen molar-refractivity contribution in [3.8, 4) is 5.75 Å². The fourth-order valence-electron chi connectivity index (χ4n) is 3.16. The minimum atomic E-state index is -0.446. The number of carbonyl (C=O) groups is 1. The Labute approximate surface area is 161 Å². The molecule has 0 atom stereocenters. The molecule has 0 aliphatic carbocycles. The molecule has 2 aromatic rings. The van der Waals surface area contributed by atoms with Gasteiger partial charge in [0.05, 0.1) is 10.9 Å². The van der Waals surface area contributed by atoms with Crippen molar-refractivity contribution in [2.24, 2.45) is 0 Å². The lowest BCUT2D eigenvalue weighted by Gasteiger charge is -2.05. The average molecular weight is 373 g/mol. The number of carbonyl (C=O) groups excluding carboxylic acids is 1. The molecule has 0 spiro atoms. The number of aromatic nitrogens is 1. The summed E-state index contributed by atoms with van der Waals surface area (Å²) in [6, 6.07) is 4.75. The standard InChI is InChI=1S/C22H31NO4/c1-2-3-4-5-6-7-8-9-10-11-12-13-21(24)27-18-14-15-19-20(16-18)23-17-26-22(19)25/h14-17H,2-13H2,1H3. The molecular weight excluding hydrogens is 342 g/mol. The molecule has 0 saturated heterocycles. The maximum Gasteiger partial charge on any atom is 0.346 e. The van der Waals surface area contributed by atoms with Gasteiger partial charge < -0.3 is 9.15 Å². The lowest BCUT2D eigenvalue weighted by atomic mass is 10.1. The van der Waals surface area contributed by atoms with Crippen LogP contribution in [0.2, 0.25) is 0 Å². The van der Waals surface area contributed by atoms with Gasteiger partial charge in [-0.3, -0.25) is 4.79 Å². The number of rotatable bonds is 13. The maximum absolute atomic E-state index is 12.0. The van der Waals surface area contributed by atoms with Gasteiger partial charge in [-0.25, -0.2) is 9.78 Å². The highest BCUT2D eigenvalue weighted by Crippen LogP contribution is 2.18. The number of hydrogen-bond donors (Lipinski definition) is 0. The number of fused-ring (bicyclic) bond motifs is 1. The van der Waals surface area contributed by atoms with Crippen LogP contribution in [0.1, 0.15) is 84.0 Å². The van der Waals surface area contributed by atoms with Gasteiger partial charge in [0.15, 0.2) is 6.39 Å². The molecule has 0 aliphatic rings. The van der Waals surface area contributed by atoms with Gasteiger partial charge in [-0.15, -0.1) is 0 Å². The Morgan fingerprint density at radius 2 is 1.59 bits per heavy atom. The zero-order valence-electron chi connectivity index (χ0n) is 16.4. The van der Waals surface area contributed by atoms with E-state index in [4.69, 9.17) is 9.15 Å². The molecule has 0 N–H and O–H groups in total. The SMILES string of the molecule is CCCCCCCCCCCCCC(=O)Oc1ccc2c(=O)ocnc2c1. The Kier molecular flexibility index (Phi) is 9.60. The van der Waals surface area contributed by atoms with Crippen molar-refractivity contribution >= 4 is 16.9 Å². The molecule has 1 aromatic heterocycles. The second-order valence-corrected chi connectivity index (χ2v) is 7.08. The number of nitrogens with zero attached hydrogens (tertiary/aromatic N) is 1. The number of unbranched alkanes of at least 4 members (excludes halogenated alkanes) is 10. The molecule has 0 radical (unpaired) electrons. The summed E-state index contributed by atoms with van der Waals surface area (Å²) in [4.78, 5) is 27.5. The topological polar surface area (TPSA) is 69.4 Å². The van der Waals surface area contributed by atoms with Crippen LogP contribution in [0.25, 0.3) is 10.9 Å². The first-order valence-corrected chi connectivity index (χ1v) is 10.3. The minimum Gasteiger partial charge on any atom is -0.426 e. The molecule has 148 valence electrons. The number of ether oxygens (including phenoxy) is 1. The molecular formula is C22H31NO4. The Morgan fingerprint density at radius 1 is 0.963 bits per heavy atom. The van der Waals surface area contributed by atoms with Crippen LogP contribution in [-0.4, -0.2) is 11.0 Å². The Balaban J connectivity index is 1.56. The Morgan fingerprint density at radius 3 is 2.26 bits per heavy atom. The van der Waals surface area contributed by atoms with E-state index in [1.54, 1.807) is 18.2 Å². The van der Waals surface area contributed by atoms with Gasteiger partial charge in [0.1, 0.15) is 5.75 Å². The zero-order valence-corrected chi connectivity index (χ0v) is 16.4.